The number of alkyl halides is 3. The molecular formula is C14H12ClF3N2. The van der Waals surface area contributed by atoms with Crippen LogP contribution in [0.5, 0.6) is 0 Å². The Morgan fingerprint density at radius 1 is 1.20 bits per heavy atom. The number of nitrogens with zero attached hydrogens (tertiary/aromatic N) is 1. The van der Waals surface area contributed by atoms with Crippen molar-refractivity contribution < 1.29 is 13.2 Å². The SMILES string of the molecule is NC(Cc1cccc(C(F)(F)F)c1)c1ccc(Cl)cn1. The number of aromatic nitrogens is 1. The second-order valence-electron chi connectivity index (χ2n) is 4.41. The van der Waals surface area contributed by atoms with Gasteiger partial charge in [0.1, 0.15) is 0 Å². The Kier molecular flexibility index (Phi) is 4.30. The van der Waals surface area contributed by atoms with Crippen LogP contribution in [0, 0.1) is 0 Å². The molecule has 2 rings (SSSR count). The van der Waals surface area contributed by atoms with Gasteiger partial charge in [-0.15, -0.1) is 0 Å². The molecular weight excluding hydrogens is 289 g/mol. The zero-order valence-corrected chi connectivity index (χ0v) is 11.1. The van der Waals surface area contributed by atoms with Crippen LogP contribution in [0.15, 0.2) is 42.6 Å². The summed E-state index contributed by atoms with van der Waals surface area (Å²) in [6, 6.07) is 7.98. The number of hydrogen-bond donors (Lipinski definition) is 1. The first-order valence-corrected chi connectivity index (χ1v) is 6.27. The summed E-state index contributed by atoms with van der Waals surface area (Å²) in [6.45, 7) is 0. The summed E-state index contributed by atoms with van der Waals surface area (Å²) in [5.74, 6) is 0. The lowest BCUT2D eigenvalue weighted by molar-refractivity contribution is -0.137. The average Bonchev–Trinajstić information content (AvgIpc) is 2.38. The summed E-state index contributed by atoms with van der Waals surface area (Å²) in [6.07, 6.45) is -2.61. The van der Waals surface area contributed by atoms with Gasteiger partial charge in [-0.3, -0.25) is 4.98 Å². The third kappa shape index (κ3) is 3.71. The lowest BCUT2D eigenvalue weighted by Gasteiger charge is -2.13. The first kappa shape index (κ1) is 14.8. The lowest BCUT2D eigenvalue weighted by Crippen LogP contribution is -2.15. The van der Waals surface area contributed by atoms with Gasteiger partial charge in [-0.05, 0) is 30.2 Å². The van der Waals surface area contributed by atoms with Gasteiger partial charge in [0.15, 0.2) is 0 Å². The Hall–Kier alpha value is -1.59. The van der Waals surface area contributed by atoms with Gasteiger partial charge in [-0.25, -0.2) is 0 Å². The fraction of sp³-hybridized carbons (Fsp3) is 0.214. The molecule has 1 aromatic heterocycles. The van der Waals surface area contributed by atoms with Crippen LogP contribution in [0.2, 0.25) is 5.02 Å². The van der Waals surface area contributed by atoms with E-state index in [1.165, 1.54) is 12.3 Å². The molecule has 0 bridgehead atoms. The normalized spacial score (nSPS) is 13.2. The quantitative estimate of drug-likeness (QED) is 0.930. The average molecular weight is 301 g/mol. The molecule has 6 heteroatoms. The third-order valence-electron chi connectivity index (χ3n) is 2.84. The molecule has 2 nitrogen and oxygen atoms in total. The van der Waals surface area contributed by atoms with Crippen LogP contribution >= 0.6 is 11.6 Å². The summed E-state index contributed by atoms with van der Waals surface area (Å²) in [7, 11) is 0. The maximum Gasteiger partial charge on any atom is 0.416 e. The van der Waals surface area contributed by atoms with E-state index >= 15 is 0 Å². The molecule has 0 aliphatic carbocycles. The van der Waals surface area contributed by atoms with Crippen LogP contribution in [0.1, 0.15) is 22.9 Å². The smallest absolute Gasteiger partial charge is 0.322 e. The number of halogens is 4. The predicted molar refractivity (Wildman–Crippen MR) is 71.3 cm³/mol. The molecule has 2 aromatic rings. The number of nitrogens with two attached hydrogens (primary N) is 1. The van der Waals surface area contributed by atoms with Gasteiger partial charge in [-0.1, -0.05) is 29.8 Å². The van der Waals surface area contributed by atoms with Crippen LogP contribution in [0.25, 0.3) is 0 Å². The molecule has 1 heterocycles. The first-order valence-electron chi connectivity index (χ1n) is 5.89. The monoisotopic (exact) mass is 300 g/mol. The van der Waals surface area contributed by atoms with Crippen LogP contribution in [-0.2, 0) is 12.6 Å². The molecule has 20 heavy (non-hydrogen) atoms. The van der Waals surface area contributed by atoms with Gasteiger partial charge in [0.2, 0.25) is 0 Å². The molecule has 0 aliphatic heterocycles. The minimum absolute atomic E-state index is 0.276. The van der Waals surface area contributed by atoms with E-state index in [0.717, 1.165) is 12.1 Å². The van der Waals surface area contributed by atoms with Gasteiger partial charge in [0.05, 0.1) is 22.3 Å². The fourth-order valence-electron chi connectivity index (χ4n) is 1.84. The molecule has 0 aliphatic rings. The maximum atomic E-state index is 12.6. The van der Waals surface area contributed by atoms with Crippen LogP contribution in [0.4, 0.5) is 13.2 Å². The molecule has 1 unspecified atom stereocenters. The first-order chi connectivity index (χ1) is 9.36. The Bertz CT molecular complexity index is 582. The van der Waals surface area contributed by atoms with E-state index in [1.54, 1.807) is 18.2 Å². The lowest BCUT2D eigenvalue weighted by atomic mass is 10.0. The zero-order chi connectivity index (χ0) is 14.8. The Labute approximate surface area is 119 Å². The van der Waals surface area contributed by atoms with Crippen molar-refractivity contribution in [1.82, 2.24) is 4.98 Å². The van der Waals surface area contributed by atoms with Gasteiger partial charge in [0, 0.05) is 6.20 Å². The topological polar surface area (TPSA) is 38.9 Å². The highest BCUT2D eigenvalue weighted by Crippen LogP contribution is 2.30. The maximum absolute atomic E-state index is 12.6. The van der Waals surface area contributed by atoms with Crippen molar-refractivity contribution in [3.8, 4) is 0 Å². The minimum Gasteiger partial charge on any atom is -0.322 e. The Morgan fingerprint density at radius 3 is 2.55 bits per heavy atom. The van der Waals surface area contributed by atoms with E-state index in [2.05, 4.69) is 4.98 Å². The van der Waals surface area contributed by atoms with E-state index in [1.807, 2.05) is 0 Å². The van der Waals surface area contributed by atoms with Crippen molar-refractivity contribution >= 4 is 11.6 Å². The summed E-state index contributed by atoms with van der Waals surface area (Å²) in [4.78, 5) is 4.07. The van der Waals surface area contributed by atoms with Crippen LogP contribution in [0.3, 0.4) is 0 Å². The highest BCUT2D eigenvalue weighted by molar-refractivity contribution is 6.30. The third-order valence-corrected chi connectivity index (χ3v) is 3.06. The number of benzene rings is 1. The second-order valence-corrected chi connectivity index (χ2v) is 4.85. The van der Waals surface area contributed by atoms with Crippen molar-refractivity contribution in [2.45, 2.75) is 18.6 Å². The molecule has 1 aromatic carbocycles. The molecule has 2 N–H and O–H groups in total. The zero-order valence-electron chi connectivity index (χ0n) is 10.4. The summed E-state index contributed by atoms with van der Waals surface area (Å²) in [5, 5.41) is 0.486. The number of hydrogen-bond acceptors (Lipinski definition) is 2. The van der Waals surface area contributed by atoms with Crippen LogP contribution < -0.4 is 5.73 Å². The Morgan fingerprint density at radius 2 is 1.95 bits per heavy atom. The van der Waals surface area contributed by atoms with E-state index in [-0.39, 0.29) is 6.42 Å². The van der Waals surface area contributed by atoms with E-state index < -0.39 is 17.8 Å². The summed E-state index contributed by atoms with van der Waals surface area (Å²) < 4.78 is 37.8. The highest BCUT2D eigenvalue weighted by atomic mass is 35.5. The molecule has 0 saturated heterocycles. The predicted octanol–water partition coefficient (Wildman–Crippen LogP) is 4.00. The van der Waals surface area contributed by atoms with Crippen molar-refractivity contribution in [1.29, 1.82) is 0 Å². The number of rotatable bonds is 3. The molecule has 0 radical (unpaired) electrons. The number of pyridine rings is 1. The van der Waals surface area contributed by atoms with Gasteiger partial charge in [0.25, 0.3) is 0 Å². The molecule has 106 valence electrons. The van der Waals surface area contributed by atoms with Crippen LogP contribution in [-0.4, -0.2) is 4.98 Å². The van der Waals surface area contributed by atoms with Gasteiger partial charge in [-0.2, -0.15) is 13.2 Å². The largest absolute Gasteiger partial charge is 0.416 e. The highest BCUT2D eigenvalue weighted by Gasteiger charge is 2.30. The molecule has 1 atom stereocenters. The van der Waals surface area contributed by atoms with E-state index in [4.69, 9.17) is 17.3 Å². The van der Waals surface area contributed by atoms with Crippen molar-refractivity contribution in [3.05, 3.63) is 64.4 Å². The Balaban J connectivity index is 2.15. The van der Waals surface area contributed by atoms with E-state index in [0.29, 0.717) is 16.3 Å². The molecule has 0 spiro atoms. The summed E-state index contributed by atoms with van der Waals surface area (Å²) >= 11 is 5.72. The van der Waals surface area contributed by atoms with Gasteiger partial charge >= 0.3 is 6.18 Å². The van der Waals surface area contributed by atoms with Crippen molar-refractivity contribution in [3.63, 3.8) is 0 Å². The molecule has 0 saturated carbocycles. The minimum atomic E-state index is -4.35. The fourth-order valence-corrected chi connectivity index (χ4v) is 1.95. The van der Waals surface area contributed by atoms with Gasteiger partial charge < -0.3 is 5.73 Å². The van der Waals surface area contributed by atoms with Crippen molar-refractivity contribution in [2.75, 3.05) is 0 Å². The molecule has 0 amide bonds. The molecule has 0 fully saturated rings. The van der Waals surface area contributed by atoms with Crippen molar-refractivity contribution in [2.24, 2.45) is 5.73 Å². The second kappa shape index (κ2) is 5.81. The summed E-state index contributed by atoms with van der Waals surface area (Å²) in [5.41, 5.74) is 6.38. The standard InChI is InChI=1S/C14H12ClF3N2/c15-11-4-5-13(20-8-11)12(19)7-9-2-1-3-10(6-9)14(16,17)18/h1-6,8,12H,7,19H2. The van der Waals surface area contributed by atoms with E-state index in [9.17, 15) is 13.2 Å².